The molecule has 0 saturated heterocycles. The largest absolute Gasteiger partial charge is 0.354 e. The monoisotopic (exact) mass is 388 g/mol. The fraction of sp³-hybridized carbons (Fsp3) is 0.636. The zero-order valence-corrected chi connectivity index (χ0v) is 17.3. The van der Waals surface area contributed by atoms with Gasteiger partial charge in [-0.15, -0.1) is 11.8 Å². The fourth-order valence-electron chi connectivity index (χ4n) is 4.31. The minimum Gasteiger partial charge on any atom is -0.354 e. The van der Waals surface area contributed by atoms with Crippen molar-refractivity contribution >= 4 is 23.6 Å². The van der Waals surface area contributed by atoms with Gasteiger partial charge in [0.05, 0.1) is 4.75 Å². The van der Waals surface area contributed by atoms with Crippen LogP contribution < -0.4 is 10.6 Å². The lowest BCUT2D eigenvalue weighted by Gasteiger charge is -2.33. The summed E-state index contributed by atoms with van der Waals surface area (Å²) in [6.07, 6.45) is 7.74. The number of nitrogens with one attached hydrogen (secondary N) is 2. The van der Waals surface area contributed by atoms with Gasteiger partial charge in [-0.05, 0) is 58.1 Å². The molecule has 2 unspecified atom stereocenters. The molecule has 2 aliphatic rings. The summed E-state index contributed by atoms with van der Waals surface area (Å²) >= 11 is 1.72. The maximum atomic E-state index is 13.3. The van der Waals surface area contributed by atoms with Gasteiger partial charge in [0.1, 0.15) is 0 Å². The molecule has 2 aliphatic carbocycles. The summed E-state index contributed by atoms with van der Waals surface area (Å²) in [7, 11) is 0. The first-order valence-corrected chi connectivity index (χ1v) is 11.2. The van der Waals surface area contributed by atoms with Crippen LogP contribution in [-0.4, -0.2) is 28.6 Å². The number of thioether (sulfide) groups is 1. The highest BCUT2D eigenvalue weighted by molar-refractivity contribution is 8.01. The molecule has 0 radical (unpaired) electrons. The van der Waals surface area contributed by atoms with E-state index >= 15 is 0 Å². The molecule has 27 heavy (non-hydrogen) atoms. The highest BCUT2D eigenvalue weighted by Crippen LogP contribution is 2.45. The molecule has 3 rings (SSSR count). The maximum Gasteiger partial charge on any atom is 0.236 e. The van der Waals surface area contributed by atoms with E-state index in [4.69, 9.17) is 0 Å². The standard InChI is InChI=1S/C22H32N2O2S/c1-16(2)23-20(25)17-9-8-10-18(15-17)24-21(26)22(13-6-7-14-22)27-19-11-4-3-5-12-19/h3-5,11-12,16-18H,6-10,13-15H2,1-2H3,(H,23,25)(H,24,26). The second kappa shape index (κ2) is 9.13. The Balaban J connectivity index is 1.63. The first kappa shape index (κ1) is 20.2. The predicted molar refractivity (Wildman–Crippen MR) is 111 cm³/mol. The zero-order chi connectivity index (χ0) is 19.3. The lowest BCUT2D eigenvalue weighted by Crippen LogP contribution is -2.49. The van der Waals surface area contributed by atoms with Gasteiger partial charge in [0.15, 0.2) is 0 Å². The molecule has 1 aromatic rings. The average Bonchev–Trinajstić information content (AvgIpc) is 3.12. The first-order chi connectivity index (χ1) is 13.0. The van der Waals surface area contributed by atoms with E-state index in [1.54, 1.807) is 11.8 Å². The van der Waals surface area contributed by atoms with Crippen LogP contribution in [0.2, 0.25) is 0 Å². The van der Waals surface area contributed by atoms with Crippen molar-refractivity contribution < 1.29 is 9.59 Å². The third-order valence-corrected chi connectivity index (χ3v) is 7.18. The summed E-state index contributed by atoms with van der Waals surface area (Å²) in [5, 5.41) is 6.35. The zero-order valence-electron chi connectivity index (χ0n) is 16.5. The number of carbonyl (C=O) groups is 2. The number of rotatable bonds is 6. The van der Waals surface area contributed by atoms with Gasteiger partial charge in [0.2, 0.25) is 11.8 Å². The van der Waals surface area contributed by atoms with Gasteiger partial charge in [-0.2, -0.15) is 0 Å². The molecule has 148 valence electrons. The Labute approximate surface area is 167 Å². The average molecular weight is 389 g/mol. The topological polar surface area (TPSA) is 58.2 Å². The van der Waals surface area contributed by atoms with Crippen molar-refractivity contribution in [2.75, 3.05) is 0 Å². The molecule has 5 heteroatoms. The highest BCUT2D eigenvalue weighted by Gasteiger charge is 2.43. The van der Waals surface area contributed by atoms with Crippen LogP contribution in [0, 0.1) is 5.92 Å². The van der Waals surface area contributed by atoms with Crippen LogP contribution in [0.1, 0.15) is 65.2 Å². The van der Waals surface area contributed by atoms with E-state index in [-0.39, 0.29) is 34.6 Å². The van der Waals surface area contributed by atoms with E-state index in [1.807, 2.05) is 32.0 Å². The van der Waals surface area contributed by atoms with Gasteiger partial charge in [-0.1, -0.05) is 37.5 Å². The quantitative estimate of drug-likeness (QED) is 0.764. The Kier molecular flexibility index (Phi) is 6.85. The second-order valence-electron chi connectivity index (χ2n) is 8.31. The van der Waals surface area contributed by atoms with Crippen LogP contribution in [0.4, 0.5) is 0 Å². The number of hydrogen-bond acceptors (Lipinski definition) is 3. The van der Waals surface area contributed by atoms with Crippen LogP contribution in [-0.2, 0) is 9.59 Å². The molecular weight excluding hydrogens is 356 g/mol. The number of amides is 2. The van der Waals surface area contributed by atoms with Crippen LogP contribution in [0.3, 0.4) is 0 Å². The van der Waals surface area contributed by atoms with Crippen molar-refractivity contribution in [2.45, 2.75) is 86.9 Å². The van der Waals surface area contributed by atoms with E-state index in [1.165, 1.54) is 0 Å². The molecule has 0 spiro atoms. The van der Waals surface area contributed by atoms with Gasteiger partial charge < -0.3 is 10.6 Å². The Bertz CT molecular complexity index is 641. The summed E-state index contributed by atoms with van der Waals surface area (Å²) in [6, 6.07) is 10.5. The molecule has 0 heterocycles. The number of carbonyl (C=O) groups excluding carboxylic acids is 2. The van der Waals surface area contributed by atoms with Crippen molar-refractivity contribution in [3.8, 4) is 0 Å². The van der Waals surface area contributed by atoms with E-state index < -0.39 is 0 Å². The maximum absolute atomic E-state index is 13.3. The predicted octanol–water partition coefficient (Wildman–Crippen LogP) is 4.29. The minimum atomic E-state index is -0.353. The van der Waals surface area contributed by atoms with Gasteiger partial charge >= 0.3 is 0 Å². The third-order valence-electron chi connectivity index (χ3n) is 5.69. The van der Waals surface area contributed by atoms with Crippen molar-refractivity contribution in [1.29, 1.82) is 0 Å². The minimum absolute atomic E-state index is 0.0211. The van der Waals surface area contributed by atoms with E-state index in [9.17, 15) is 9.59 Å². The molecule has 2 N–H and O–H groups in total. The Hall–Kier alpha value is -1.49. The normalized spacial score (nSPS) is 24.6. The molecular formula is C22H32N2O2S. The summed E-state index contributed by atoms with van der Waals surface area (Å²) in [5.41, 5.74) is 0. The summed E-state index contributed by atoms with van der Waals surface area (Å²) in [5.74, 6) is 0.328. The fourth-order valence-corrected chi connectivity index (χ4v) is 5.70. The Morgan fingerprint density at radius 1 is 1.07 bits per heavy atom. The SMILES string of the molecule is CC(C)NC(=O)C1CCCC(NC(=O)C2(Sc3ccccc3)CCCC2)C1. The van der Waals surface area contributed by atoms with E-state index in [0.29, 0.717) is 0 Å². The van der Waals surface area contributed by atoms with Crippen molar-refractivity contribution in [3.63, 3.8) is 0 Å². The summed E-state index contributed by atoms with van der Waals surface area (Å²) in [6.45, 7) is 3.98. The van der Waals surface area contributed by atoms with Gasteiger partial charge in [0, 0.05) is 22.9 Å². The Morgan fingerprint density at radius 3 is 2.44 bits per heavy atom. The van der Waals surface area contributed by atoms with Gasteiger partial charge in [-0.25, -0.2) is 0 Å². The second-order valence-corrected chi connectivity index (χ2v) is 9.77. The molecule has 0 aromatic heterocycles. The van der Waals surface area contributed by atoms with Gasteiger partial charge in [-0.3, -0.25) is 9.59 Å². The summed E-state index contributed by atoms with van der Waals surface area (Å²) < 4.78 is -0.353. The molecule has 2 saturated carbocycles. The first-order valence-electron chi connectivity index (χ1n) is 10.3. The molecule has 4 nitrogen and oxygen atoms in total. The smallest absolute Gasteiger partial charge is 0.236 e. The van der Waals surface area contributed by atoms with Crippen molar-refractivity contribution in [3.05, 3.63) is 30.3 Å². The van der Waals surface area contributed by atoms with Crippen LogP contribution >= 0.6 is 11.8 Å². The van der Waals surface area contributed by atoms with E-state index in [2.05, 4.69) is 22.8 Å². The Morgan fingerprint density at radius 2 is 1.78 bits per heavy atom. The van der Waals surface area contributed by atoms with Crippen molar-refractivity contribution in [1.82, 2.24) is 10.6 Å². The van der Waals surface area contributed by atoms with Crippen molar-refractivity contribution in [2.24, 2.45) is 5.92 Å². The molecule has 2 amide bonds. The number of hydrogen-bond donors (Lipinski definition) is 2. The van der Waals surface area contributed by atoms with Crippen LogP contribution in [0.25, 0.3) is 0 Å². The molecule has 0 aliphatic heterocycles. The van der Waals surface area contributed by atoms with Crippen LogP contribution in [0.15, 0.2) is 35.2 Å². The summed E-state index contributed by atoms with van der Waals surface area (Å²) in [4.78, 5) is 26.8. The molecule has 2 atom stereocenters. The lowest BCUT2D eigenvalue weighted by atomic mass is 9.84. The lowest BCUT2D eigenvalue weighted by molar-refractivity contribution is -0.128. The molecule has 2 fully saturated rings. The van der Waals surface area contributed by atoms with Gasteiger partial charge in [0.25, 0.3) is 0 Å². The molecule has 0 bridgehead atoms. The third kappa shape index (κ3) is 5.28. The highest BCUT2D eigenvalue weighted by atomic mass is 32.2. The number of benzene rings is 1. The van der Waals surface area contributed by atoms with Crippen LogP contribution in [0.5, 0.6) is 0 Å². The molecule has 1 aromatic carbocycles. The van der Waals surface area contributed by atoms with E-state index in [0.717, 1.165) is 56.3 Å².